The molecule has 0 amide bonds. The topological polar surface area (TPSA) is 67.5 Å². The highest BCUT2D eigenvalue weighted by atomic mass is 16.5. The van der Waals surface area contributed by atoms with Gasteiger partial charge in [0.2, 0.25) is 0 Å². The molecule has 5 aromatic rings. The van der Waals surface area contributed by atoms with Crippen molar-refractivity contribution in [3.8, 4) is 16.9 Å². The SMILES string of the molecule is CCOC(=O)c1c(C(C)CCOc2cccc3ccccc23)c2ccc(C)c3c2n1CCCCOCc1c-3c(C)nn1C. The van der Waals surface area contributed by atoms with Crippen molar-refractivity contribution in [1.29, 1.82) is 0 Å². The van der Waals surface area contributed by atoms with Gasteiger partial charge in [-0.05, 0) is 68.5 Å². The van der Waals surface area contributed by atoms with E-state index in [-0.39, 0.29) is 11.9 Å². The zero-order valence-corrected chi connectivity index (χ0v) is 25.9. The van der Waals surface area contributed by atoms with Gasteiger partial charge in [0.05, 0.1) is 36.7 Å². The van der Waals surface area contributed by atoms with E-state index in [2.05, 4.69) is 55.7 Å². The van der Waals surface area contributed by atoms with Gasteiger partial charge in [0.15, 0.2) is 0 Å². The van der Waals surface area contributed by atoms with E-state index in [0.717, 1.165) is 80.3 Å². The molecule has 0 saturated heterocycles. The lowest BCUT2D eigenvalue weighted by atomic mass is 9.91. The number of fused-ring (bicyclic) bond motifs is 3. The van der Waals surface area contributed by atoms with Crippen molar-refractivity contribution < 1.29 is 19.0 Å². The highest BCUT2D eigenvalue weighted by Gasteiger charge is 2.31. The molecule has 0 spiro atoms. The van der Waals surface area contributed by atoms with Gasteiger partial charge in [-0.2, -0.15) is 5.10 Å². The molecule has 3 heterocycles. The number of hydrogen-bond acceptors (Lipinski definition) is 5. The van der Waals surface area contributed by atoms with Gasteiger partial charge in [-0.1, -0.05) is 55.5 Å². The van der Waals surface area contributed by atoms with E-state index < -0.39 is 0 Å². The van der Waals surface area contributed by atoms with Crippen molar-refractivity contribution in [2.45, 2.75) is 66.0 Å². The maximum atomic E-state index is 13.8. The summed E-state index contributed by atoms with van der Waals surface area (Å²) in [4.78, 5) is 13.8. The maximum absolute atomic E-state index is 13.8. The van der Waals surface area contributed by atoms with Crippen molar-refractivity contribution in [1.82, 2.24) is 14.3 Å². The average molecular weight is 580 g/mol. The van der Waals surface area contributed by atoms with Crippen molar-refractivity contribution in [3.05, 3.63) is 82.8 Å². The lowest BCUT2D eigenvalue weighted by molar-refractivity contribution is 0.0511. The molecule has 3 aromatic carbocycles. The van der Waals surface area contributed by atoms with E-state index in [0.29, 0.717) is 38.7 Å². The molecule has 1 aliphatic heterocycles. The summed E-state index contributed by atoms with van der Waals surface area (Å²) < 4.78 is 22.4. The van der Waals surface area contributed by atoms with Crippen molar-refractivity contribution in [2.75, 3.05) is 19.8 Å². The maximum Gasteiger partial charge on any atom is 0.355 e. The van der Waals surface area contributed by atoms with Crippen LogP contribution >= 0.6 is 0 Å². The molecule has 224 valence electrons. The zero-order valence-electron chi connectivity index (χ0n) is 25.9. The fraction of sp³-hybridized carbons (Fsp3) is 0.389. The van der Waals surface area contributed by atoms with Gasteiger partial charge in [0.25, 0.3) is 0 Å². The first kappa shape index (κ1) is 29.0. The van der Waals surface area contributed by atoms with Crippen LogP contribution in [0.25, 0.3) is 32.8 Å². The number of benzene rings is 3. The van der Waals surface area contributed by atoms with Crippen LogP contribution in [0.4, 0.5) is 0 Å². The van der Waals surface area contributed by atoms with Crippen LogP contribution in [0.15, 0.2) is 54.6 Å². The zero-order chi connectivity index (χ0) is 30.1. The van der Waals surface area contributed by atoms with Crippen molar-refractivity contribution in [2.24, 2.45) is 7.05 Å². The third kappa shape index (κ3) is 5.31. The van der Waals surface area contributed by atoms with Gasteiger partial charge in [-0.3, -0.25) is 4.68 Å². The molecule has 0 saturated carbocycles. The van der Waals surface area contributed by atoms with Crippen LogP contribution in [0.5, 0.6) is 5.75 Å². The minimum absolute atomic E-state index is 0.0550. The second-order valence-corrected chi connectivity index (χ2v) is 11.6. The molecule has 1 unspecified atom stereocenters. The van der Waals surface area contributed by atoms with Crippen LogP contribution in [0, 0.1) is 13.8 Å². The largest absolute Gasteiger partial charge is 0.493 e. The summed E-state index contributed by atoms with van der Waals surface area (Å²) >= 11 is 0. The van der Waals surface area contributed by atoms with Crippen LogP contribution in [0.3, 0.4) is 0 Å². The fourth-order valence-corrected chi connectivity index (χ4v) is 6.68. The standard InChI is InChI=1S/C36H41N3O4/c1-6-42-36(40)35-31(24(3)18-21-43-30-15-11-13-26-12-7-8-14-27(26)30)28-17-16-23(2)32-33-25(4)37-38(5)29(33)22-41-20-10-9-19-39(35)34(28)32/h7-8,11-17,24H,6,9-10,18-22H2,1-5H3. The Morgan fingerprint density at radius 3 is 2.67 bits per heavy atom. The minimum Gasteiger partial charge on any atom is -0.493 e. The summed E-state index contributed by atoms with van der Waals surface area (Å²) in [5.74, 6) is 0.667. The number of rotatable bonds is 7. The summed E-state index contributed by atoms with van der Waals surface area (Å²) in [6.45, 7) is 11.0. The van der Waals surface area contributed by atoms with Gasteiger partial charge < -0.3 is 18.8 Å². The van der Waals surface area contributed by atoms with Crippen LogP contribution < -0.4 is 4.74 Å². The molecule has 0 bridgehead atoms. The van der Waals surface area contributed by atoms with E-state index in [1.165, 1.54) is 0 Å². The molecule has 1 aliphatic rings. The molecule has 0 N–H and O–H groups in total. The Hall–Kier alpha value is -4.10. The van der Waals surface area contributed by atoms with Crippen LogP contribution in [0.1, 0.15) is 72.0 Å². The molecule has 0 aliphatic carbocycles. The first-order chi connectivity index (χ1) is 20.9. The smallest absolute Gasteiger partial charge is 0.355 e. The third-order valence-electron chi connectivity index (χ3n) is 8.74. The molecule has 2 aromatic heterocycles. The second kappa shape index (κ2) is 12.3. The number of nitrogens with zero attached hydrogens (tertiary/aromatic N) is 3. The molecular weight excluding hydrogens is 538 g/mol. The average Bonchev–Trinajstić information content (AvgIpc) is 3.46. The summed E-state index contributed by atoms with van der Waals surface area (Å²) in [7, 11) is 1.98. The molecule has 1 atom stereocenters. The van der Waals surface area contributed by atoms with E-state index in [4.69, 9.17) is 19.3 Å². The van der Waals surface area contributed by atoms with Crippen LogP contribution in [-0.4, -0.2) is 40.1 Å². The summed E-state index contributed by atoms with van der Waals surface area (Å²) in [5.41, 5.74) is 8.16. The summed E-state index contributed by atoms with van der Waals surface area (Å²) in [6.07, 6.45) is 2.55. The molecular formula is C36H41N3O4. The second-order valence-electron chi connectivity index (χ2n) is 11.6. The van der Waals surface area contributed by atoms with Crippen molar-refractivity contribution >= 4 is 27.6 Å². The van der Waals surface area contributed by atoms with E-state index in [9.17, 15) is 4.79 Å². The Kier molecular flexibility index (Phi) is 8.26. The number of ether oxygens (including phenoxy) is 3. The highest BCUT2D eigenvalue weighted by molar-refractivity contribution is 6.06. The number of carbonyl (C=O) groups is 1. The van der Waals surface area contributed by atoms with Gasteiger partial charge >= 0.3 is 5.97 Å². The van der Waals surface area contributed by atoms with Gasteiger partial charge in [0.1, 0.15) is 11.4 Å². The van der Waals surface area contributed by atoms with Gasteiger partial charge in [-0.25, -0.2) is 4.79 Å². The highest BCUT2D eigenvalue weighted by Crippen LogP contribution is 2.43. The Bertz CT molecular complexity index is 1790. The molecule has 7 nitrogen and oxygen atoms in total. The quantitative estimate of drug-likeness (QED) is 0.184. The molecule has 6 rings (SSSR count). The Balaban J connectivity index is 1.48. The lowest BCUT2D eigenvalue weighted by Crippen LogP contribution is -2.16. The lowest BCUT2D eigenvalue weighted by Gasteiger charge is -2.16. The number of esters is 1. The predicted molar refractivity (Wildman–Crippen MR) is 171 cm³/mol. The normalized spacial score (nSPS) is 14.3. The third-order valence-corrected chi connectivity index (χ3v) is 8.74. The van der Waals surface area contributed by atoms with E-state index >= 15 is 0 Å². The first-order valence-electron chi connectivity index (χ1n) is 15.4. The van der Waals surface area contributed by atoms with Crippen molar-refractivity contribution in [3.63, 3.8) is 0 Å². The molecule has 0 radical (unpaired) electrons. The van der Waals surface area contributed by atoms with Gasteiger partial charge in [0, 0.05) is 42.1 Å². The van der Waals surface area contributed by atoms with Crippen LogP contribution in [0.2, 0.25) is 0 Å². The summed E-state index contributed by atoms with van der Waals surface area (Å²) in [6, 6.07) is 18.8. The summed E-state index contributed by atoms with van der Waals surface area (Å²) in [5, 5.41) is 8.16. The fourth-order valence-electron chi connectivity index (χ4n) is 6.68. The Morgan fingerprint density at radius 1 is 1.02 bits per heavy atom. The van der Waals surface area contributed by atoms with Gasteiger partial charge in [-0.15, -0.1) is 0 Å². The van der Waals surface area contributed by atoms with Crippen LogP contribution in [-0.2, 0) is 29.7 Å². The number of hydrogen-bond donors (Lipinski definition) is 0. The molecule has 7 heteroatoms. The molecule has 0 fully saturated rings. The van der Waals surface area contributed by atoms with E-state index in [1.54, 1.807) is 0 Å². The number of aryl methyl sites for hydroxylation is 4. The minimum atomic E-state index is -0.270. The predicted octanol–water partition coefficient (Wildman–Crippen LogP) is 7.87. The monoisotopic (exact) mass is 579 g/mol. The van der Waals surface area contributed by atoms with E-state index in [1.807, 2.05) is 42.9 Å². The Morgan fingerprint density at radius 2 is 1.84 bits per heavy atom. The first-order valence-corrected chi connectivity index (χ1v) is 15.4. The number of aromatic nitrogens is 3. The Labute approximate surface area is 253 Å². The molecule has 43 heavy (non-hydrogen) atoms. The number of carbonyl (C=O) groups excluding carboxylic acids is 1.